The minimum absolute atomic E-state index is 0.0906. The van der Waals surface area contributed by atoms with Gasteiger partial charge in [-0.2, -0.15) is 0 Å². The van der Waals surface area contributed by atoms with Crippen molar-refractivity contribution in [1.82, 2.24) is 5.32 Å². The molecule has 1 unspecified atom stereocenters. The van der Waals surface area contributed by atoms with Gasteiger partial charge in [0.2, 0.25) is 0 Å². The average Bonchev–Trinajstić information content (AvgIpc) is 2.43. The normalized spacial score (nSPS) is 15.2. The van der Waals surface area contributed by atoms with E-state index in [-0.39, 0.29) is 11.9 Å². The number of alkyl halides is 1. The fourth-order valence-corrected chi connectivity index (χ4v) is 2.79. The van der Waals surface area contributed by atoms with Crippen LogP contribution in [-0.4, -0.2) is 30.5 Å². The van der Waals surface area contributed by atoms with E-state index in [0.717, 1.165) is 5.33 Å². The van der Waals surface area contributed by atoms with E-state index in [1.807, 2.05) is 6.07 Å². The van der Waals surface area contributed by atoms with Crippen LogP contribution >= 0.6 is 15.9 Å². The van der Waals surface area contributed by atoms with Gasteiger partial charge in [-0.15, -0.1) is 0 Å². The van der Waals surface area contributed by atoms with Crippen molar-refractivity contribution in [2.24, 2.45) is 5.92 Å². The first kappa shape index (κ1) is 14.2. The highest BCUT2D eigenvalue weighted by molar-refractivity contribution is 9.09. The van der Waals surface area contributed by atoms with Gasteiger partial charge in [-0.1, -0.05) is 35.8 Å². The van der Waals surface area contributed by atoms with Gasteiger partial charge in [0.05, 0.1) is 5.56 Å². The lowest BCUT2D eigenvalue weighted by molar-refractivity contribution is 0.0920. The van der Waals surface area contributed by atoms with E-state index in [4.69, 9.17) is 9.47 Å². The first-order chi connectivity index (χ1) is 9.13. The Morgan fingerprint density at radius 3 is 2.79 bits per heavy atom. The highest BCUT2D eigenvalue weighted by Crippen LogP contribution is 2.33. The van der Waals surface area contributed by atoms with Crippen molar-refractivity contribution in [3.05, 3.63) is 23.8 Å². The second kappa shape index (κ2) is 6.28. The molecular weight excluding hydrogens is 310 g/mol. The Kier molecular flexibility index (Phi) is 4.69. The number of nitrogens with one attached hydrogen (secondary N) is 1. The van der Waals surface area contributed by atoms with Gasteiger partial charge in [0.15, 0.2) is 11.5 Å². The summed E-state index contributed by atoms with van der Waals surface area (Å²) >= 11 is 3.42. The second-order valence-corrected chi connectivity index (χ2v) is 5.46. The maximum atomic E-state index is 12.3. The molecule has 0 radical (unpaired) electrons. The summed E-state index contributed by atoms with van der Waals surface area (Å²) in [5.41, 5.74) is 0.531. The van der Waals surface area contributed by atoms with Crippen LogP contribution in [0, 0.1) is 5.92 Å². The zero-order valence-electron chi connectivity index (χ0n) is 11.1. The molecular formula is C14H18BrNO3. The Morgan fingerprint density at radius 1 is 1.37 bits per heavy atom. The Bertz CT molecular complexity index is 462. The maximum absolute atomic E-state index is 12.3. The topological polar surface area (TPSA) is 47.6 Å². The highest BCUT2D eigenvalue weighted by Gasteiger charge is 2.22. The predicted molar refractivity (Wildman–Crippen MR) is 77.3 cm³/mol. The van der Waals surface area contributed by atoms with Crippen LogP contribution in [0.2, 0.25) is 0 Å². The number of carbonyl (C=O) groups is 1. The lowest BCUT2D eigenvalue weighted by atomic mass is 10.1. The fourth-order valence-electron chi connectivity index (χ4n) is 1.88. The molecule has 0 fully saturated rings. The van der Waals surface area contributed by atoms with Gasteiger partial charge in [-0.05, 0) is 18.1 Å². The van der Waals surface area contributed by atoms with Crippen LogP contribution in [-0.2, 0) is 0 Å². The van der Waals surface area contributed by atoms with E-state index < -0.39 is 0 Å². The number of rotatable bonds is 4. The van der Waals surface area contributed by atoms with Crippen LogP contribution in [0.5, 0.6) is 11.5 Å². The molecule has 0 aromatic heterocycles. The number of benzene rings is 1. The van der Waals surface area contributed by atoms with Crippen LogP contribution in [0.15, 0.2) is 18.2 Å². The molecule has 5 heteroatoms. The molecule has 1 aliphatic heterocycles. The summed E-state index contributed by atoms with van der Waals surface area (Å²) in [5, 5.41) is 3.74. The van der Waals surface area contributed by atoms with E-state index >= 15 is 0 Å². The van der Waals surface area contributed by atoms with Crippen molar-refractivity contribution in [3.8, 4) is 11.5 Å². The minimum Gasteiger partial charge on any atom is -0.486 e. The molecule has 0 aliphatic carbocycles. The first-order valence-corrected chi connectivity index (χ1v) is 7.51. The maximum Gasteiger partial charge on any atom is 0.255 e. The fraction of sp³-hybridized carbons (Fsp3) is 0.500. The molecule has 0 bridgehead atoms. The summed E-state index contributed by atoms with van der Waals surface area (Å²) < 4.78 is 11.0. The van der Waals surface area contributed by atoms with Gasteiger partial charge in [0.25, 0.3) is 5.91 Å². The van der Waals surface area contributed by atoms with Crippen LogP contribution in [0.3, 0.4) is 0 Å². The molecule has 1 amide bonds. The van der Waals surface area contributed by atoms with Gasteiger partial charge in [0.1, 0.15) is 13.2 Å². The number of hydrogen-bond acceptors (Lipinski definition) is 3. The lowest BCUT2D eigenvalue weighted by Gasteiger charge is -2.23. The van der Waals surface area contributed by atoms with E-state index in [1.54, 1.807) is 12.1 Å². The van der Waals surface area contributed by atoms with Gasteiger partial charge >= 0.3 is 0 Å². The molecule has 19 heavy (non-hydrogen) atoms. The monoisotopic (exact) mass is 327 g/mol. The zero-order valence-corrected chi connectivity index (χ0v) is 12.7. The van der Waals surface area contributed by atoms with Crippen molar-refractivity contribution in [2.45, 2.75) is 19.9 Å². The molecule has 1 aromatic rings. The van der Waals surface area contributed by atoms with Crippen molar-refractivity contribution >= 4 is 21.8 Å². The van der Waals surface area contributed by atoms with Gasteiger partial charge < -0.3 is 14.8 Å². The second-order valence-electron chi connectivity index (χ2n) is 4.81. The number of hydrogen-bond donors (Lipinski definition) is 1. The molecule has 0 saturated heterocycles. The Balaban J connectivity index is 2.19. The van der Waals surface area contributed by atoms with Crippen LogP contribution in [0.4, 0.5) is 0 Å². The first-order valence-electron chi connectivity index (χ1n) is 6.39. The summed E-state index contributed by atoms with van der Waals surface area (Å²) in [6, 6.07) is 5.47. The molecule has 1 aromatic carbocycles. The number of para-hydroxylation sites is 1. The van der Waals surface area contributed by atoms with Crippen LogP contribution < -0.4 is 14.8 Å². The number of halogens is 1. The van der Waals surface area contributed by atoms with Crippen molar-refractivity contribution in [2.75, 3.05) is 18.5 Å². The quantitative estimate of drug-likeness (QED) is 0.865. The summed E-state index contributed by atoms with van der Waals surface area (Å²) in [5.74, 6) is 1.42. The highest BCUT2D eigenvalue weighted by atomic mass is 79.9. The minimum atomic E-state index is -0.125. The third-order valence-electron chi connectivity index (χ3n) is 3.10. The number of fused-ring (bicyclic) bond motifs is 1. The largest absolute Gasteiger partial charge is 0.486 e. The average molecular weight is 328 g/mol. The van der Waals surface area contributed by atoms with E-state index in [2.05, 4.69) is 35.1 Å². The molecule has 1 heterocycles. The molecule has 1 N–H and O–H groups in total. The summed E-state index contributed by atoms with van der Waals surface area (Å²) in [4.78, 5) is 12.3. The van der Waals surface area contributed by atoms with Crippen molar-refractivity contribution in [3.63, 3.8) is 0 Å². The summed E-state index contributed by atoms with van der Waals surface area (Å²) in [7, 11) is 0. The predicted octanol–water partition coefficient (Wildman–Crippen LogP) is 2.61. The number of carbonyl (C=O) groups excluding carboxylic acids is 1. The third kappa shape index (κ3) is 3.21. The molecule has 0 spiro atoms. The number of amides is 1. The SMILES string of the molecule is CC(C)C(CBr)NC(=O)c1cccc2c1OCCO2. The molecule has 1 atom stereocenters. The van der Waals surface area contributed by atoms with Crippen molar-refractivity contribution in [1.29, 1.82) is 0 Å². The van der Waals surface area contributed by atoms with Gasteiger partial charge in [0, 0.05) is 11.4 Å². The smallest absolute Gasteiger partial charge is 0.255 e. The standard InChI is InChI=1S/C14H18BrNO3/c1-9(2)11(8-15)16-14(17)10-4-3-5-12-13(10)19-7-6-18-12/h3-5,9,11H,6-8H2,1-2H3,(H,16,17). The molecule has 4 nitrogen and oxygen atoms in total. The van der Waals surface area contributed by atoms with E-state index in [9.17, 15) is 4.79 Å². The summed E-state index contributed by atoms with van der Waals surface area (Å²) in [6.45, 7) is 5.15. The Hall–Kier alpha value is -1.23. The van der Waals surface area contributed by atoms with Crippen LogP contribution in [0.25, 0.3) is 0 Å². The Labute approximate surface area is 121 Å². The summed E-state index contributed by atoms with van der Waals surface area (Å²) in [6.07, 6.45) is 0. The third-order valence-corrected chi connectivity index (χ3v) is 3.80. The lowest BCUT2D eigenvalue weighted by Crippen LogP contribution is -2.40. The van der Waals surface area contributed by atoms with Gasteiger partial charge in [-0.3, -0.25) is 4.79 Å². The number of ether oxygens (including phenoxy) is 2. The zero-order chi connectivity index (χ0) is 13.8. The molecule has 2 rings (SSSR count). The van der Waals surface area contributed by atoms with Crippen molar-refractivity contribution < 1.29 is 14.3 Å². The molecule has 0 saturated carbocycles. The Morgan fingerprint density at radius 2 is 2.11 bits per heavy atom. The molecule has 104 valence electrons. The van der Waals surface area contributed by atoms with E-state index in [0.29, 0.717) is 36.2 Å². The van der Waals surface area contributed by atoms with Crippen LogP contribution in [0.1, 0.15) is 24.2 Å². The van der Waals surface area contributed by atoms with E-state index in [1.165, 1.54) is 0 Å². The van der Waals surface area contributed by atoms with Gasteiger partial charge in [-0.25, -0.2) is 0 Å². The molecule has 1 aliphatic rings.